The van der Waals surface area contributed by atoms with E-state index < -0.39 is 60.8 Å². The van der Waals surface area contributed by atoms with Gasteiger partial charge in [-0.1, -0.05) is 12.1 Å². The van der Waals surface area contributed by atoms with Crippen LogP contribution in [-0.2, 0) is 30.4 Å². The second kappa shape index (κ2) is 11.1. The quantitative estimate of drug-likeness (QED) is 0.243. The number of rotatable bonds is 10. The van der Waals surface area contributed by atoms with Gasteiger partial charge in [-0.15, -0.1) is 0 Å². The number of aromatic hydroxyl groups is 1. The molecule has 12 heteroatoms. The number of nitrogens with two attached hydrogens (primary N) is 1. The van der Waals surface area contributed by atoms with Gasteiger partial charge in [-0.25, -0.2) is 4.79 Å². The summed E-state index contributed by atoms with van der Waals surface area (Å²) in [6.45, 7) is -0.313. The van der Waals surface area contributed by atoms with Crippen LogP contribution in [0.3, 0.4) is 0 Å². The van der Waals surface area contributed by atoms with Gasteiger partial charge in [0, 0.05) is 13.0 Å². The number of carboxylic acid groups (broad SMARTS) is 2. The van der Waals surface area contributed by atoms with Crippen LogP contribution in [0.2, 0.25) is 0 Å². The number of nitrogens with zero attached hydrogens (tertiary/aromatic N) is 1. The second-order valence-corrected chi connectivity index (χ2v) is 7.44. The molecule has 1 fully saturated rings. The molecule has 1 aliphatic heterocycles. The van der Waals surface area contributed by atoms with Gasteiger partial charge < -0.3 is 36.6 Å². The maximum atomic E-state index is 13.1. The zero-order valence-corrected chi connectivity index (χ0v) is 17.2. The third-order valence-electron chi connectivity index (χ3n) is 4.98. The molecule has 1 heterocycles. The van der Waals surface area contributed by atoms with Gasteiger partial charge in [-0.3, -0.25) is 19.2 Å². The summed E-state index contributed by atoms with van der Waals surface area (Å²) in [4.78, 5) is 60.5. The smallest absolute Gasteiger partial charge is 0.326 e. The number of carbonyl (C=O) groups is 5. The van der Waals surface area contributed by atoms with E-state index in [2.05, 4.69) is 10.6 Å². The highest BCUT2D eigenvalue weighted by atomic mass is 16.4. The molecule has 1 saturated heterocycles. The Hall–Kier alpha value is -3.67. The lowest BCUT2D eigenvalue weighted by Crippen LogP contribution is -2.54. The molecule has 0 aliphatic carbocycles. The molecule has 12 nitrogen and oxygen atoms in total. The van der Waals surface area contributed by atoms with E-state index in [9.17, 15) is 34.2 Å². The van der Waals surface area contributed by atoms with E-state index in [1.54, 1.807) is 12.1 Å². The molecule has 3 atom stereocenters. The highest BCUT2D eigenvalue weighted by Crippen LogP contribution is 2.20. The summed E-state index contributed by atoms with van der Waals surface area (Å²) in [7, 11) is 0. The first-order chi connectivity index (χ1) is 15.1. The predicted molar refractivity (Wildman–Crippen MR) is 109 cm³/mol. The van der Waals surface area contributed by atoms with Crippen LogP contribution in [0.1, 0.15) is 24.8 Å². The van der Waals surface area contributed by atoms with Crippen LogP contribution < -0.4 is 16.4 Å². The third kappa shape index (κ3) is 6.94. The predicted octanol–water partition coefficient (Wildman–Crippen LogP) is -1.59. The molecule has 0 bridgehead atoms. The Morgan fingerprint density at radius 1 is 1.12 bits per heavy atom. The number of aliphatic carboxylic acids is 2. The molecule has 0 spiro atoms. The van der Waals surface area contributed by atoms with Crippen molar-refractivity contribution >= 4 is 29.7 Å². The number of phenols is 1. The minimum Gasteiger partial charge on any atom is -0.508 e. The number of hydrogen-bond donors (Lipinski definition) is 6. The van der Waals surface area contributed by atoms with E-state index in [1.165, 1.54) is 17.0 Å². The zero-order valence-electron chi connectivity index (χ0n) is 17.2. The van der Waals surface area contributed by atoms with Gasteiger partial charge in [-0.05, 0) is 30.5 Å². The minimum absolute atomic E-state index is 0.0200. The molecule has 1 aromatic carbocycles. The molecule has 0 radical (unpaired) electrons. The van der Waals surface area contributed by atoms with Crippen molar-refractivity contribution in [3.8, 4) is 5.75 Å². The number of carbonyl (C=O) groups excluding carboxylic acids is 3. The first-order valence-corrected chi connectivity index (χ1v) is 9.94. The normalized spacial score (nSPS) is 17.3. The Labute approximate surface area is 183 Å². The number of hydrogen-bond acceptors (Lipinski definition) is 7. The zero-order chi connectivity index (χ0) is 23.8. The molecule has 1 aromatic rings. The maximum Gasteiger partial charge on any atom is 0.326 e. The van der Waals surface area contributed by atoms with Gasteiger partial charge in [0.25, 0.3) is 0 Å². The topological polar surface area (TPSA) is 199 Å². The summed E-state index contributed by atoms with van der Waals surface area (Å²) < 4.78 is 0. The van der Waals surface area contributed by atoms with Crippen molar-refractivity contribution in [1.29, 1.82) is 0 Å². The number of benzene rings is 1. The number of amides is 3. The van der Waals surface area contributed by atoms with Gasteiger partial charge in [-0.2, -0.15) is 0 Å². The lowest BCUT2D eigenvalue weighted by atomic mass is 10.0. The SMILES string of the molecule is NC(CC(=O)O)C(=O)NCC(=O)NC(Cc1ccc(O)cc1)C(=O)N1CCCC1C(=O)O. The minimum atomic E-state index is -1.34. The Morgan fingerprint density at radius 2 is 1.78 bits per heavy atom. The average molecular weight is 450 g/mol. The van der Waals surface area contributed by atoms with Crippen LogP contribution in [0.15, 0.2) is 24.3 Å². The summed E-state index contributed by atoms with van der Waals surface area (Å²) in [5, 5.41) is 32.2. The van der Waals surface area contributed by atoms with Crippen LogP contribution in [0.5, 0.6) is 5.75 Å². The van der Waals surface area contributed by atoms with E-state index in [0.29, 0.717) is 18.4 Å². The van der Waals surface area contributed by atoms with Crippen LogP contribution in [0, 0.1) is 0 Å². The summed E-state index contributed by atoms with van der Waals surface area (Å²) in [5.41, 5.74) is 6.04. The Bertz CT molecular complexity index is 873. The van der Waals surface area contributed by atoms with Crippen molar-refractivity contribution in [3.63, 3.8) is 0 Å². The number of phenolic OH excluding ortho intramolecular Hbond substituents is 1. The van der Waals surface area contributed by atoms with Crippen molar-refractivity contribution in [3.05, 3.63) is 29.8 Å². The standard InChI is InChI=1S/C20H26N4O8/c21-13(9-17(27)28)18(29)22-10-16(26)23-14(8-11-3-5-12(25)6-4-11)19(30)24-7-1-2-15(24)20(31)32/h3-6,13-15,25H,1-2,7-10,21H2,(H,22,29)(H,23,26)(H,27,28)(H,31,32). The fourth-order valence-corrected chi connectivity index (χ4v) is 3.38. The van der Waals surface area contributed by atoms with E-state index in [4.69, 9.17) is 10.8 Å². The molecule has 7 N–H and O–H groups in total. The van der Waals surface area contributed by atoms with Gasteiger partial charge in [0.05, 0.1) is 19.0 Å². The lowest BCUT2D eigenvalue weighted by molar-refractivity contribution is -0.149. The fraction of sp³-hybridized carbons (Fsp3) is 0.450. The van der Waals surface area contributed by atoms with Crippen LogP contribution in [-0.4, -0.2) is 81.1 Å². The lowest BCUT2D eigenvalue weighted by Gasteiger charge is -2.27. The van der Waals surface area contributed by atoms with Crippen molar-refractivity contribution in [1.82, 2.24) is 15.5 Å². The molecular formula is C20H26N4O8. The monoisotopic (exact) mass is 450 g/mol. The molecular weight excluding hydrogens is 424 g/mol. The number of likely N-dealkylation sites (tertiary alicyclic amines) is 1. The molecule has 1 aliphatic rings. The molecule has 0 aromatic heterocycles. The van der Waals surface area contributed by atoms with Crippen molar-refractivity contribution < 1.29 is 39.3 Å². The molecule has 3 unspecified atom stereocenters. The highest BCUT2D eigenvalue weighted by Gasteiger charge is 2.37. The van der Waals surface area contributed by atoms with E-state index >= 15 is 0 Å². The average Bonchev–Trinajstić information content (AvgIpc) is 3.22. The van der Waals surface area contributed by atoms with Gasteiger partial charge in [0.2, 0.25) is 17.7 Å². The largest absolute Gasteiger partial charge is 0.508 e. The van der Waals surface area contributed by atoms with E-state index in [1.807, 2.05) is 0 Å². The Morgan fingerprint density at radius 3 is 2.38 bits per heavy atom. The second-order valence-electron chi connectivity index (χ2n) is 7.44. The molecule has 3 amide bonds. The van der Waals surface area contributed by atoms with Crippen LogP contribution in [0.25, 0.3) is 0 Å². The van der Waals surface area contributed by atoms with Crippen LogP contribution in [0.4, 0.5) is 0 Å². The summed E-state index contributed by atoms with van der Waals surface area (Å²) in [5.74, 6) is -4.53. The maximum absolute atomic E-state index is 13.1. The van der Waals surface area contributed by atoms with Crippen LogP contribution >= 0.6 is 0 Å². The molecule has 2 rings (SSSR count). The highest BCUT2D eigenvalue weighted by molar-refractivity contribution is 5.93. The van der Waals surface area contributed by atoms with Crippen molar-refractivity contribution in [2.75, 3.05) is 13.1 Å². The summed E-state index contributed by atoms with van der Waals surface area (Å²) in [6, 6.07) is 2.51. The van der Waals surface area contributed by atoms with Crippen molar-refractivity contribution in [2.45, 2.75) is 43.8 Å². The third-order valence-corrected chi connectivity index (χ3v) is 4.98. The van der Waals surface area contributed by atoms with Gasteiger partial charge >= 0.3 is 11.9 Å². The first kappa shape index (κ1) is 24.6. The Kier molecular flexibility index (Phi) is 8.53. The first-order valence-electron chi connectivity index (χ1n) is 9.94. The summed E-state index contributed by atoms with van der Waals surface area (Å²) in [6.07, 6.45) is 0.236. The van der Waals surface area contributed by atoms with E-state index in [0.717, 1.165) is 0 Å². The van der Waals surface area contributed by atoms with Crippen molar-refractivity contribution in [2.24, 2.45) is 5.73 Å². The molecule has 0 saturated carbocycles. The Balaban J connectivity index is 2.08. The fourth-order valence-electron chi connectivity index (χ4n) is 3.38. The van der Waals surface area contributed by atoms with E-state index in [-0.39, 0.29) is 18.7 Å². The number of nitrogens with one attached hydrogen (secondary N) is 2. The molecule has 174 valence electrons. The molecule has 32 heavy (non-hydrogen) atoms. The van der Waals surface area contributed by atoms with Gasteiger partial charge in [0.15, 0.2) is 0 Å². The summed E-state index contributed by atoms with van der Waals surface area (Å²) >= 11 is 0. The number of carboxylic acids is 2. The van der Waals surface area contributed by atoms with Gasteiger partial charge in [0.1, 0.15) is 17.8 Å².